The lowest BCUT2D eigenvalue weighted by Crippen LogP contribution is -2.29. The number of nitrogens with one attached hydrogen (secondary N) is 1. The maximum absolute atomic E-state index is 13.3. The van der Waals surface area contributed by atoms with Crippen molar-refractivity contribution in [3.05, 3.63) is 35.4 Å². The van der Waals surface area contributed by atoms with Gasteiger partial charge in [0.15, 0.2) is 11.6 Å². The third kappa shape index (κ3) is 2.21. The summed E-state index contributed by atoms with van der Waals surface area (Å²) >= 11 is 0. The van der Waals surface area contributed by atoms with Crippen LogP contribution < -0.4 is 5.32 Å². The van der Waals surface area contributed by atoms with E-state index in [1.165, 1.54) is 12.1 Å². The Hall–Kier alpha value is -1.45. The topological polar surface area (TPSA) is 29.1 Å². The van der Waals surface area contributed by atoms with E-state index in [2.05, 4.69) is 12.2 Å². The summed E-state index contributed by atoms with van der Waals surface area (Å²) < 4.78 is 26.1. The quantitative estimate of drug-likeness (QED) is 0.841. The van der Waals surface area contributed by atoms with Gasteiger partial charge in [-0.2, -0.15) is 0 Å². The van der Waals surface area contributed by atoms with Crippen molar-refractivity contribution < 1.29 is 13.6 Å². The first-order valence-electron chi connectivity index (χ1n) is 5.24. The van der Waals surface area contributed by atoms with Crippen molar-refractivity contribution in [2.45, 2.75) is 19.8 Å². The molecule has 0 saturated heterocycles. The smallest absolute Gasteiger partial charge is 0.254 e. The summed E-state index contributed by atoms with van der Waals surface area (Å²) in [4.78, 5) is 11.6. The Morgan fingerprint density at radius 1 is 1.44 bits per heavy atom. The Labute approximate surface area is 92.7 Å². The predicted molar refractivity (Wildman–Crippen MR) is 56.0 cm³/mol. The zero-order valence-corrected chi connectivity index (χ0v) is 9.02. The molecule has 1 amide bonds. The number of carbonyl (C=O) groups excluding carboxylic acids is 1. The number of benzene rings is 1. The highest BCUT2D eigenvalue weighted by Crippen LogP contribution is 2.44. The van der Waals surface area contributed by atoms with E-state index in [0.717, 1.165) is 18.9 Å². The molecule has 0 unspecified atom stereocenters. The number of carbonyl (C=O) groups is 1. The molecule has 2 nitrogen and oxygen atoms in total. The third-order valence-corrected chi connectivity index (χ3v) is 2.98. The molecule has 1 aromatic carbocycles. The van der Waals surface area contributed by atoms with Crippen molar-refractivity contribution in [2.24, 2.45) is 5.41 Å². The molecule has 1 aliphatic carbocycles. The molecule has 0 radical (unpaired) electrons. The summed E-state index contributed by atoms with van der Waals surface area (Å²) in [6.45, 7) is 2.57. The van der Waals surface area contributed by atoms with Crippen LogP contribution in [-0.2, 0) is 0 Å². The molecule has 0 spiro atoms. The molecule has 0 atom stereocenters. The van der Waals surface area contributed by atoms with Crippen LogP contribution in [0.1, 0.15) is 30.1 Å². The SMILES string of the molecule is CC1(CNC(=O)c2cccc(F)c2F)CC1. The van der Waals surface area contributed by atoms with E-state index in [-0.39, 0.29) is 11.0 Å². The molecular formula is C12H13F2NO. The van der Waals surface area contributed by atoms with Crippen molar-refractivity contribution >= 4 is 5.91 Å². The number of amides is 1. The molecular weight excluding hydrogens is 212 g/mol. The molecule has 1 saturated carbocycles. The second kappa shape index (κ2) is 3.85. The van der Waals surface area contributed by atoms with Gasteiger partial charge in [0.1, 0.15) is 0 Å². The molecule has 1 fully saturated rings. The van der Waals surface area contributed by atoms with Crippen LogP contribution >= 0.6 is 0 Å². The van der Waals surface area contributed by atoms with Gasteiger partial charge in [-0.3, -0.25) is 4.79 Å². The van der Waals surface area contributed by atoms with E-state index in [9.17, 15) is 13.6 Å². The Kier molecular flexibility index (Phi) is 2.66. The third-order valence-electron chi connectivity index (χ3n) is 2.98. The lowest BCUT2D eigenvalue weighted by atomic mass is 10.1. The summed E-state index contributed by atoms with van der Waals surface area (Å²) in [6.07, 6.45) is 2.14. The van der Waals surface area contributed by atoms with Crippen LogP contribution in [0.15, 0.2) is 18.2 Å². The van der Waals surface area contributed by atoms with Gasteiger partial charge in [-0.15, -0.1) is 0 Å². The van der Waals surface area contributed by atoms with Crippen molar-refractivity contribution in [3.8, 4) is 0 Å². The average Bonchev–Trinajstić information content (AvgIpc) is 2.98. The zero-order valence-electron chi connectivity index (χ0n) is 9.02. The molecule has 0 aliphatic heterocycles. The van der Waals surface area contributed by atoms with E-state index in [0.29, 0.717) is 6.54 Å². The largest absolute Gasteiger partial charge is 0.351 e. The molecule has 16 heavy (non-hydrogen) atoms. The minimum absolute atomic E-state index is 0.152. The van der Waals surface area contributed by atoms with E-state index < -0.39 is 17.5 Å². The van der Waals surface area contributed by atoms with Crippen LogP contribution in [0.5, 0.6) is 0 Å². The van der Waals surface area contributed by atoms with Gasteiger partial charge in [-0.05, 0) is 30.4 Å². The van der Waals surface area contributed by atoms with Crippen LogP contribution in [0, 0.1) is 17.0 Å². The van der Waals surface area contributed by atoms with Gasteiger partial charge in [-0.25, -0.2) is 8.78 Å². The fraction of sp³-hybridized carbons (Fsp3) is 0.417. The van der Waals surface area contributed by atoms with Crippen LogP contribution in [0.2, 0.25) is 0 Å². The predicted octanol–water partition coefficient (Wildman–Crippen LogP) is 2.49. The Morgan fingerprint density at radius 3 is 2.75 bits per heavy atom. The summed E-state index contributed by atoms with van der Waals surface area (Å²) in [6, 6.07) is 3.60. The van der Waals surface area contributed by atoms with E-state index in [4.69, 9.17) is 0 Å². The van der Waals surface area contributed by atoms with Gasteiger partial charge < -0.3 is 5.32 Å². The monoisotopic (exact) mass is 225 g/mol. The van der Waals surface area contributed by atoms with E-state index in [1.807, 2.05) is 0 Å². The van der Waals surface area contributed by atoms with Crippen molar-refractivity contribution in [3.63, 3.8) is 0 Å². The van der Waals surface area contributed by atoms with Crippen molar-refractivity contribution in [1.29, 1.82) is 0 Å². The van der Waals surface area contributed by atoms with E-state index in [1.54, 1.807) is 0 Å². The summed E-state index contributed by atoms with van der Waals surface area (Å²) in [7, 11) is 0. The molecule has 86 valence electrons. The first-order valence-corrected chi connectivity index (χ1v) is 5.24. The minimum Gasteiger partial charge on any atom is -0.351 e. The number of halogens is 2. The molecule has 0 bridgehead atoms. The maximum atomic E-state index is 13.3. The number of rotatable bonds is 3. The average molecular weight is 225 g/mol. The Morgan fingerprint density at radius 2 is 2.12 bits per heavy atom. The van der Waals surface area contributed by atoms with Gasteiger partial charge in [0.05, 0.1) is 5.56 Å². The number of hydrogen-bond donors (Lipinski definition) is 1. The van der Waals surface area contributed by atoms with Crippen LogP contribution in [0.3, 0.4) is 0 Å². The summed E-state index contributed by atoms with van der Waals surface area (Å²) in [5.41, 5.74) is -0.0799. The van der Waals surface area contributed by atoms with Crippen molar-refractivity contribution in [1.82, 2.24) is 5.32 Å². The highest BCUT2D eigenvalue weighted by molar-refractivity contribution is 5.94. The highest BCUT2D eigenvalue weighted by Gasteiger charge is 2.37. The molecule has 4 heteroatoms. The molecule has 0 aromatic heterocycles. The molecule has 2 rings (SSSR count). The van der Waals surface area contributed by atoms with Gasteiger partial charge in [0, 0.05) is 6.54 Å². The fourth-order valence-corrected chi connectivity index (χ4v) is 1.46. The molecule has 1 aliphatic rings. The van der Waals surface area contributed by atoms with Crippen molar-refractivity contribution in [2.75, 3.05) is 6.54 Å². The first kappa shape index (κ1) is 11.0. The van der Waals surface area contributed by atoms with Crippen LogP contribution in [0.4, 0.5) is 8.78 Å². The lowest BCUT2D eigenvalue weighted by molar-refractivity contribution is 0.0941. The molecule has 1 N–H and O–H groups in total. The standard InChI is InChI=1S/C12H13F2NO/c1-12(5-6-12)7-15-11(16)8-3-2-4-9(13)10(8)14/h2-4H,5-7H2,1H3,(H,15,16). The summed E-state index contributed by atoms with van der Waals surface area (Å²) in [5.74, 6) is -2.63. The second-order valence-corrected chi connectivity index (χ2v) is 4.59. The zero-order chi connectivity index (χ0) is 11.8. The van der Waals surface area contributed by atoms with E-state index >= 15 is 0 Å². The summed E-state index contributed by atoms with van der Waals surface area (Å²) in [5, 5.41) is 2.62. The fourth-order valence-electron chi connectivity index (χ4n) is 1.46. The van der Waals surface area contributed by atoms with Gasteiger partial charge >= 0.3 is 0 Å². The van der Waals surface area contributed by atoms with Crippen LogP contribution in [-0.4, -0.2) is 12.5 Å². The first-order chi connectivity index (χ1) is 7.52. The maximum Gasteiger partial charge on any atom is 0.254 e. The lowest BCUT2D eigenvalue weighted by Gasteiger charge is -2.10. The van der Waals surface area contributed by atoms with Gasteiger partial charge in [-0.1, -0.05) is 13.0 Å². The Balaban J connectivity index is 2.05. The second-order valence-electron chi connectivity index (χ2n) is 4.59. The number of hydrogen-bond acceptors (Lipinski definition) is 1. The van der Waals surface area contributed by atoms with Gasteiger partial charge in [0.25, 0.3) is 5.91 Å². The normalized spacial score (nSPS) is 16.9. The molecule has 1 aromatic rings. The highest BCUT2D eigenvalue weighted by atomic mass is 19.2. The van der Waals surface area contributed by atoms with Gasteiger partial charge in [0.2, 0.25) is 0 Å². The minimum atomic E-state index is -1.08. The Bertz CT molecular complexity index is 427. The molecule has 0 heterocycles. The van der Waals surface area contributed by atoms with Crippen LogP contribution in [0.25, 0.3) is 0 Å².